The molecule has 0 saturated carbocycles. The predicted molar refractivity (Wildman–Crippen MR) is 97.1 cm³/mol. The zero-order valence-corrected chi connectivity index (χ0v) is 15.3. The maximum Gasteiger partial charge on any atom is 0.191 e. The number of hydrogen-bond donors (Lipinski definition) is 3. The summed E-state index contributed by atoms with van der Waals surface area (Å²) in [6.07, 6.45) is 0.177. The Bertz CT molecular complexity index is 737. The van der Waals surface area contributed by atoms with Crippen LogP contribution in [0.2, 0.25) is 0 Å². The molecule has 1 aromatic heterocycles. The normalized spacial score (nSPS) is 14.2. The summed E-state index contributed by atoms with van der Waals surface area (Å²) in [6.45, 7) is 6.31. The van der Waals surface area contributed by atoms with Gasteiger partial charge in [-0.25, -0.2) is 13.8 Å². The van der Waals surface area contributed by atoms with E-state index in [1.54, 1.807) is 26.0 Å². The molecule has 5 nitrogen and oxygen atoms in total. The molecule has 0 amide bonds. The van der Waals surface area contributed by atoms with E-state index in [9.17, 15) is 13.9 Å². The molecular weight excluding hydrogens is 340 g/mol. The van der Waals surface area contributed by atoms with Gasteiger partial charge in [-0.05, 0) is 51.5 Å². The summed E-state index contributed by atoms with van der Waals surface area (Å²) in [5, 5.41) is 16.6. The van der Waals surface area contributed by atoms with E-state index < -0.39 is 17.2 Å². The van der Waals surface area contributed by atoms with Crippen molar-refractivity contribution in [2.75, 3.05) is 19.6 Å². The second-order valence-electron chi connectivity index (χ2n) is 6.26. The van der Waals surface area contributed by atoms with Crippen molar-refractivity contribution in [3.05, 3.63) is 59.1 Å². The molecule has 7 heteroatoms. The SMILES string of the molecule is CCNC(=NCC(C)(O)c1ccc(C)o1)NCCc1c(F)cccc1F. The minimum atomic E-state index is -1.26. The fourth-order valence-corrected chi connectivity index (χ4v) is 2.45. The third kappa shape index (κ3) is 5.29. The van der Waals surface area contributed by atoms with E-state index in [0.29, 0.717) is 30.6 Å². The average Bonchev–Trinajstić information content (AvgIpc) is 3.03. The lowest BCUT2D eigenvalue weighted by Gasteiger charge is -2.19. The molecule has 2 aromatic rings. The van der Waals surface area contributed by atoms with Crippen molar-refractivity contribution in [2.45, 2.75) is 32.8 Å². The zero-order chi connectivity index (χ0) is 19.2. The largest absolute Gasteiger partial charge is 0.463 e. The average molecular weight is 365 g/mol. The molecule has 0 bridgehead atoms. The van der Waals surface area contributed by atoms with E-state index in [1.807, 2.05) is 6.92 Å². The summed E-state index contributed by atoms with van der Waals surface area (Å²) in [4.78, 5) is 4.34. The van der Waals surface area contributed by atoms with Gasteiger partial charge in [0.25, 0.3) is 0 Å². The van der Waals surface area contributed by atoms with Gasteiger partial charge in [-0.2, -0.15) is 0 Å². The molecule has 0 fully saturated rings. The van der Waals surface area contributed by atoms with Crippen LogP contribution in [0.4, 0.5) is 8.78 Å². The first-order valence-electron chi connectivity index (χ1n) is 8.58. The summed E-state index contributed by atoms with van der Waals surface area (Å²) in [5.74, 6) is 0.465. The molecule has 2 rings (SSSR count). The molecule has 0 spiro atoms. The number of benzene rings is 1. The summed E-state index contributed by atoms with van der Waals surface area (Å²) in [6, 6.07) is 7.30. The molecule has 3 N–H and O–H groups in total. The van der Waals surface area contributed by atoms with Crippen molar-refractivity contribution < 1.29 is 18.3 Å². The highest BCUT2D eigenvalue weighted by molar-refractivity contribution is 5.79. The number of guanidine groups is 1. The fraction of sp³-hybridized carbons (Fsp3) is 0.421. The Labute approximate surface area is 152 Å². The number of aliphatic imine (C=N–C) groups is 1. The molecular formula is C19H25F2N3O2. The minimum absolute atomic E-state index is 0.0360. The van der Waals surface area contributed by atoms with Crippen molar-refractivity contribution in [1.29, 1.82) is 0 Å². The van der Waals surface area contributed by atoms with Gasteiger partial charge in [0.05, 0.1) is 6.54 Å². The number of nitrogens with zero attached hydrogens (tertiary/aromatic N) is 1. The first kappa shape index (κ1) is 19.9. The van der Waals surface area contributed by atoms with Crippen LogP contribution < -0.4 is 10.6 Å². The highest BCUT2D eigenvalue weighted by Crippen LogP contribution is 2.23. The summed E-state index contributed by atoms with van der Waals surface area (Å²) in [7, 11) is 0. The standard InChI is InChI=1S/C19H25F2N3O2/c1-4-22-18(23-11-10-14-15(20)6-5-7-16(14)21)24-12-19(3,25)17-9-8-13(2)26-17/h5-9,25H,4,10-12H2,1-3H3,(H2,22,23,24). The van der Waals surface area contributed by atoms with Crippen LogP contribution in [0.5, 0.6) is 0 Å². The molecule has 1 aromatic carbocycles. The second-order valence-corrected chi connectivity index (χ2v) is 6.26. The smallest absolute Gasteiger partial charge is 0.191 e. The van der Waals surface area contributed by atoms with Crippen LogP contribution in [0.15, 0.2) is 39.7 Å². The van der Waals surface area contributed by atoms with Crippen LogP contribution in [0, 0.1) is 18.6 Å². The van der Waals surface area contributed by atoms with E-state index in [2.05, 4.69) is 15.6 Å². The van der Waals surface area contributed by atoms with E-state index in [1.165, 1.54) is 18.2 Å². The Morgan fingerprint density at radius 2 is 1.88 bits per heavy atom. The summed E-state index contributed by atoms with van der Waals surface area (Å²) in [5.41, 5.74) is -1.22. The molecule has 0 aliphatic heterocycles. The van der Waals surface area contributed by atoms with Gasteiger partial charge in [0.15, 0.2) is 5.96 Å². The quantitative estimate of drug-likeness (QED) is 0.521. The highest BCUT2D eigenvalue weighted by Gasteiger charge is 2.26. The lowest BCUT2D eigenvalue weighted by molar-refractivity contribution is 0.0428. The number of hydrogen-bond acceptors (Lipinski definition) is 3. The van der Waals surface area contributed by atoms with Gasteiger partial charge in [0.2, 0.25) is 0 Å². The van der Waals surface area contributed by atoms with Crippen LogP contribution in [-0.2, 0) is 12.0 Å². The van der Waals surface area contributed by atoms with E-state index in [4.69, 9.17) is 4.42 Å². The summed E-state index contributed by atoms with van der Waals surface area (Å²) >= 11 is 0. The topological polar surface area (TPSA) is 69.8 Å². The Balaban J connectivity index is 1.98. The van der Waals surface area contributed by atoms with Gasteiger partial charge >= 0.3 is 0 Å². The van der Waals surface area contributed by atoms with Crippen LogP contribution in [0.3, 0.4) is 0 Å². The van der Waals surface area contributed by atoms with Crippen molar-refractivity contribution in [3.63, 3.8) is 0 Å². The molecule has 0 aliphatic carbocycles. The Morgan fingerprint density at radius 3 is 2.46 bits per heavy atom. The van der Waals surface area contributed by atoms with Gasteiger partial charge in [-0.1, -0.05) is 6.07 Å². The number of furan rings is 1. The monoisotopic (exact) mass is 365 g/mol. The number of aliphatic hydroxyl groups is 1. The van der Waals surface area contributed by atoms with Gasteiger partial charge in [-0.3, -0.25) is 0 Å². The third-order valence-corrected chi connectivity index (χ3v) is 3.89. The molecule has 142 valence electrons. The molecule has 1 unspecified atom stereocenters. The van der Waals surface area contributed by atoms with Crippen LogP contribution in [0.1, 0.15) is 30.9 Å². The fourth-order valence-electron chi connectivity index (χ4n) is 2.45. The predicted octanol–water partition coefficient (Wildman–Crippen LogP) is 2.87. The van der Waals surface area contributed by atoms with E-state index in [-0.39, 0.29) is 18.5 Å². The van der Waals surface area contributed by atoms with Crippen molar-refractivity contribution >= 4 is 5.96 Å². The Morgan fingerprint density at radius 1 is 1.19 bits per heavy atom. The lowest BCUT2D eigenvalue weighted by atomic mass is 10.0. The van der Waals surface area contributed by atoms with Crippen molar-refractivity contribution in [1.82, 2.24) is 10.6 Å². The van der Waals surface area contributed by atoms with E-state index in [0.717, 1.165) is 0 Å². The van der Waals surface area contributed by atoms with E-state index >= 15 is 0 Å². The first-order chi connectivity index (χ1) is 12.3. The Kier molecular flexibility index (Phi) is 6.74. The molecule has 0 saturated heterocycles. The second kappa shape index (κ2) is 8.80. The molecule has 1 heterocycles. The molecule has 26 heavy (non-hydrogen) atoms. The maximum absolute atomic E-state index is 13.7. The highest BCUT2D eigenvalue weighted by atomic mass is 19.1. The van der Waals surface area contributed by atoms with Crippen molar-refractivity contribution in [3.8, 4) is 0 Å². The number of nitrogens with one attached hydrogen (secondary N) is 2. The van der Waals surface area contributed by atoms with Gasteiger partial charge in [0.1, 0.15) is 28.8 Å². The van der Waals surface area contributed by atoms with Gasteiger partial charge in [0, 0.05) is 18.7 Å². The van der Waals surface area contributed by atoms with Crippen LogP contribution in [0.25, 0.3) is 0 Å². The van der Waals surface area contributed by atoms with Gasteiger partial charge < -0.3 is 20.2 Å². The zero-order valence-electron chi connectivity index (χ0n) is 15.3. The first-order valence-corrected chi connectivity index (χ1v) is 8.58. The van der Waals surface area contributed by atoms with Gasteiger partial charge in [-0.15, -0.1) is 0 Å². The maximum atomic E-state index is 13.7. The Hall–Kier alpha value is -2.41. The number of aryl methyl sites for hydroxylation is 1. The van der Waals surface area contributed by atoms with Crippen molar-refractivity contribution in [2.24, 2.45) is 4.99 Å². The number of rotatable bonds is 7. The lowest BCUT2D eigenvalue weighted by Crippen LogP contribution is -2.39. The molecule has 0 radical (unpaired) electrons. The third-order valence-electron chi connectivity index (χ3n) is 3.89. The molecule has 0 aliphatic rings. The molecule has 1 atom stereocenters. The number of halogens is 2. The van der Waals surface area contributed by atoms with Crippen LogP contribution >= 0.6 is 0 Å². The summed E-state index contributed by atoms with van der Waals surface area (Å²) < 4.78 is 32.8. The van der Waals surface area contributed by atoms with Crippen LogP contribution in [-0.4, -0.2) is 30.7 Å². The minimum Gasteiger partial charge on any atom is -0.463 e.